The van der Waals surface area contributed by atoms with Crippen molar-refractivity contribution in [3.8, 4) is 0 Å². The van der Waals surface area contributed by atoms with E-state index in [2.05, 4.69) is 31.8 Å². The Morgan fingerprint density at radius 2 is 1.36 bits per heavy atom. The highest BCUT2D eigenvalue weighted by atomic mass is 15.1. The van der Waals surface area contributed by atoms with Crippen LogP contribution in [-0.2, 0) is 12.8 Å². The molecular weight excluding hydrogens is 274 g/mol. The van der Waals surface area contributed by atoms with Crippen LogP contribution in [0.2, 0.25) is 0 Å². The van der Waals surface area contributed by atoms with Crippen molar-refractivity contribution in [2.75, 3.05) is 19.6 Å². The van der Waals surface area contributed by atoms with Gasteiger partial charge in [0.15, 0.2) is 0 Å². The van der Waals surface area contributed by atoms with E-state index in [1.54, 1.807) is 0 Å². The fraction of sp³-hybridized carbons (Fsp3) is 0.647. The van der Waals surface area contributed by atoms with Gasteiger partial charge in [-0.25, -0.2) is 9.97 Å². The summed E-state index contributed by atoms with van der Waals surface area (Å²) in [6.45, 7) is 5.79. The van der Waals surface area contributed by atoms with Gasteiger partial charge < -0.3 is 14.9 Å². The molecule has 0 unspecified atom stereocenters. The van der Waals surface area contributed by atoms with E-state index >= 15 is 0 Å². The van der Waals surface area contributed by atoms with E-state index in [0.29, 0.717) is 0 Å². The van der Waals surface area contributed by atoms with Crippen LogP contribution in [0.3, 0.4) is 0 Å². The van der Waals surface area contributed by atoms with Gasteiger partial charge in [0.25, 0.3) is 0 Å². The molecule has 2 rings (SSSR count). The van der Waals surface area contributed by atoms with Gasteiger partial charge >= 0.3 is 0 Å². The largest absolute Gasteiger partial charge is 0.349 e. The normalized spacial score (nSPS) is 11.4. The predicted molar refractivity (Wildman–Crippen MR) is 89.8 cm³/mol. The topological polar surface area (TPSA) is 60.6 Å². The van der Waals surface area contributed by atoms with Crippen LogP contribution in [0.25, 0.3) is 0 Å². The Hall–Kier alpha value is -1.62. The molecule has 0 atom stereocenters. The van der Waals surface area contributed by atoms with E-state index in [1.165, 1.54) is 38.6 Å². The van der Waals surface area contributed by atoms with E-state index in [-0.39, 0.29) is 0 Å². The number of hydrogen-bond acceptors (Lipinski definition) is 3. The van der Waals surface area contributed by atoms with E-state index in [9.17, 15) is 0 Å². The average molecular weight is 303 g/mol. The lowest BCUT2D eigenvalue weighted by Crippen LogP contribution is -2.28. The van der Waals surface area contributed by atoms with E-state index in [1.807, 2.05) is 24.8 Å². The van der Waals surface area contributed by atoms with Gasteiger partial charge in [-0.1, -0.05) is 19.8 Å². The Labute approximate surface area is 133 Å². The third-order valence-electron chi connectivity index (χ3n) is 3.96. The summed E-state index contributed by atoms with van der Waals surface area (Å²) in [5, 5.41) is 0. The number of rotatable bonds is 12. The zero-order valence-corrected chi connectivity index (χ0v) is 13.7. The number of hydrogen-bond donors (Lipinski definition) is 2. The minimum Gasteiger partial charge on any atom is -0.349 e. The van der Waals surface area contributed by atoms with Crippen LogP contribution in [0.4, 0.5) is 0 Å². The molecule has 5 heteroatoms. The molecule has 2 N–H and O–H groups in total. The van der Waals surface area contributed by atoms with Crippen molar-refractivity contribution in [2.24, 2.45) is 0 Å². The van der Waals surface area contributed by atoms with Crippen LogP contribution >= 0.6 is 0 Å². The first-order chi connectivity index (χ1) is 10.9. The Bertz CT molecular complexity index is 423. The standard InChI is InChI=1S/C17H29N5/c1-2-3-4-13-22(14-5-7-16-18-9-10-19-16)15-6-8-17-20-11-12-21-17/h9-12H,2-8,13-15H2,1H3,(H,18,19)(H,20,21). The number of H-pyrrole nitrogens is 2. The third kappa shape index (κ3) is 6.43. The Kier molecular flexibility index (Phi) is 7.74. The molecule has 0 saturated carbocycles. The van der Waals surface area contributed by atoms with Gasteiger partial charge in [-0.2, -0.15) is 0 Å². The Morgan fingerprint density at radius 3 is 1.82 bits per heavy atom. The first kappa shape index (κ1) is 16.7. The maximum Gasteiger partial charge on any atom is 0.106 e. The molecular formula is C17H29N5. The second-order valence-corrected chi connectivity index (χ2v) is 5.83. The third-order valence-corrected chi connectivity index (χ3v) is 3.96. The SMILES string of the molecule is CCCCCN(CCCc1ncc[nH]1)CCCc1ncc[nH]1. The van der Waals surface area contributed by atoms with Crippen molar-refractivity contribution in [3.05, 3.63) is 36.4 Å². The van der Waals surface area contributed by atoms with Crippen LogP contribution in [0, 0.1) is 0 Å². The molecule has 122 valence electrons. The average Bonchev–Trinajstić information content (AvgIpc) is 3.20. The minimum absolute atomic E-state index is 1.04. The lowest BCUT2D eigenvalue weighted by molar-refractivity contribution is 0.260. The predicted octanol–water partition coefficient (Wildman–Crippen LogP) is 3.19. The summed E-state index contributed by atoms with van der Waals surface area (Å²) in [5.74, 6) is 2.20. The molecule has 0 aliphatic heterocycles. The minimum atomic E-state index is 1.04. The molecule has 0 aromatic carbocycles. The summed E-state index contributed by atoms with van der Waals surface area (Å²) in [5.41, 5.74) is 0. The summed E-state index contributed by atoms with van der Waals surface area (Å²) in [6, 6.07) is 0. The first-order valence-corrected chi connectivity index (χ1v) is 8.57. The Morgan fingerprint density at radius 1 is 0.818 bits per heavy atom. The second-order valence-electron chi connectivity index (χ2n) is 5.83. The molecule has 2 heterocycles. The molecule has 0 radical (unpaired) electrons. The molecule has 0 fully saturated rings. The first-order valence-electron chi connectivity index (χ1n) is 8.57. The highest BCUT2D eigenvalue weighted by Gasteiger charge is 2.06. The molecule has 0 aliphatic carbocycles. The molecule has 5 nitrogen and oxygen atoms in total. The number of nitrogens with one attached hydrogen (secondary N) is 2. The van der Waals surface area contributed by atoms with Crippen molar-refractivity contribution >= 4 is 0 Å². The van der Waals surface area contributed by atoms with E-state index in [0.717, 1.165) is 37.6 Å². The van der Waals surface area contributed by atoms with Gasteiger partial charge in [0.2, 0.25) is 0 Å². The highest BCUT2D eigenvalue weighted by molar-refractivity contribution is 4.88. The number of aryl methyl sites for hydroxylation is 2. The van der Waals surface area contributed by atoms with Crippen molar-refractivity contribution in [1.29, 1.82) is 0 Å². The molecule has 0 aliphatic rings. The molecule has 22 heavy (non-hydrogen) atoms. The summed E-state index contributed by atoms with van der Waals surface area (Å²) in [6.07, 6.45) is 15.8. The Balaban J connectivity index is 1.67. The molecule has 0 bridgehead atoms. The fourth-order valence-electron chi connectivity index (χ4n) is 2.73. The fourth-order valence-corrected chi connectivity index (χ4v) is 2.73. The molecule has 0 saturated heterocycles. The summed E-state index contributed by atoms with van der Waals surface area (Å²) in [7, 11) is 0. The van der Waals surface area contributed by atoms with Gasteiger partial charge in [0, 0.05) is 37.6 Å². The second kappa shape index (κ2) is 10.2. The zero-order valence-electron chi connectivity index (χ0n) is 13.7. The molecule has 0 spiro atoms. The maximum absolute atomic E-state index is 4.30. The number of aromatic amines is 2. The van der Waals surface area contributed by atoms with Crippen LogP contribution < -0.4 is 0 Å². The van der Waals surface area contributed by atoms with Gasteiger partial charge in [0.05, 0.1) is 0 Å². The number of nitrogens with zero attached hydrogens (tertiary/aromatic N) is 3. The maximum atomic E-state index is 4.30. The van der Waals surface area contributed by atoms with Crippen molar-refractivity contribution in [2.45, 2.75) is 51.9 Å². The number of unbranched alkanes of at least 4 members (excludes halogenated alkanes) is 2. The van der Waals surface area contributed by atoms with Gasteiger partial charge in [0.1, 0.15) is 11.6 Å². The van der Waals surface area contributed by atoms with Gasteiger partial charge in [-0.15, -0.1) is 0 Å². The molecule has 2 aromatic heterocycles. The quantitative estimate of drug-likeness (QED) is 0.592. The smallest absolute Gasteiger partial charge is 0.106 e. The monoisotopic (exact) mass is 303 g/mol. The van der Waals surface area contributed by atoms with Crippen LogP contribution in [0.15, 0.2) is 24.8 Å². The van der Waals surface area contributed by atoms with Crippen molar-refractivity contribution in [1.82, 2.24) is 24.8 Å². The summed E-state index contributed by atoms with van der Waals surface area (Å²) >= 11 is 0. The van der Waals surface area contributed by atoms with Crippen LogP contribution in [0.5, 0.6) is 0 Å². The van der Waals surface area contributed by atoms with E-state index in [4.69, 9.17) is 0 Å². The lowest BCUT2D eigenvalue weighted by Gasteiger charge is -2.22. The lowest BCUT2D eigenvalue weighted by atomic mass is 10.2. The van der Waals surface area contributed by atoms with Crippen molar-refractivity contribution < 1.29 is 0 Å². The van der Waals surface area contributed by atoms with Crippen LogP contribution in [0.1, 0.15) is 50.7 Å². The zero-order chi connectivity index (χ0) is 15.5. The molecule has 2 aromatic rings. The van der Waals surface area contributed by atoms with E-state index < -0.39 is 0 Å². The van der Waals surface area contributed by atoms with Crippen LogP contribution in [-0.4, -0.2) is 44.5 Å². The highest BCUT2D eigenvalue weighted by Crippen LogP contribution is 2.05. The molecule has 0 amide bonds. The summed E-state index contributed by atoms with van der Waals surface area (Å²) in [4.78, 5) is 17.6. The number of imidazole rings is 2. The van der Waals surface area contributed by atoms with Gasteiger partial charge in [-0.3, -0.25) is 0 Å². The summed E-state index contributed by atoms with van der Waals surface area (Å²) < 4.78 is 0. The van der Waals surface area contributed by atoms with Gasteiger partial charge in [-0.05, 0) is 38.9 Å². The number of aromatic nitrogens is 4. The van der Waals surface area contributed by atoms with Crippen molar-refractivity contribution in [3.63, 3.8) is 0 Å².